The molecule has 306 valence electrons. The lowest BCUT2D eigenvalue weighted by atomic mass is 9.93. The minimum Gasteiger partial charge on any atom is -0.449 e. The number of alkyl carbamates (subject to hydrolysis) is 1. The number of ketones is 1. The number of Topliss-reactive ketones (excluding diaryl/α,β-unsaturated/α-hetero) is 1. The number of rotatable bonds is 17. The van der Waals surface area contributed by atoms with E-state index in [9.17, 15) is 33.6 Å². The van der Waals surface area contributed by atoms with Crippen LogP contribution in [0.15, 0.2) is 67.3 Å². The number of allylic oxidation sites excluding steroid dienone is 1. The van der Waals surface area contributed by atoms with E-state index in [1.54, 1.807) is 50.5 Å². The summed E-state index contributed by atoms with van der Waals surface area (Å²) >= 11 is 0. The predicted molar refractivity (Wildman–Crippen MR) is 212 cm³/mol. The molecular weight excluding hydrogens is 729 g/mol. The molecule has 2 fully saturated rings. The van der Waals surface area contributed by atoms with Crippen LogP contribution >= 0.6 is 0 Å². The second-order valence-corrected chi connectivity index (χ2v) is 16.6. The number of ether oxygens (including phenoxy) is 1. The fraction of sp³-hybridized carbons (Fsp3) is 0.512. The summed E-state index contributed by atoms with van der Waals surface area (Å²) in [5, 5.41) is 10.6. The lowest BCUT2D eigenvalue weighted by Crippen LogP contribution is -2.59. The van der Waals surface area contributed by atoms with E-state index in [1.165, 1.54) is 9.80 Å². The SMILES string of the molecule is C=CCCC(NC(=O)[C@@H]1C2C(CN1C(=O)C(NC(=O)OCC(C)C)C1Cc3ccccc3C1)C2(C)C)C(=O)C(=O)NCC(=O)NC(C(=O)N(C)C)c1ccccc1. The molecule has 0 radical (unpaired) electrons. The molecule has 1 saturated carbocycles. The van der Waals surface area contributed by atoms with Gasteiger partial charge < -0.3 is 35.8 Å². The van der Waals surface area contributed by atoms with Crippen molar-refractivity contribution in [2.24, 2.45) is 29.1 Å². The van der Waals surface area contributed by atoms with Crippen LogP contribution in [-0.2, 0) is 46.3 Å². The second kappa shape index (κ2) is 18.2. The van der Waals surface area contributed by atoms with Crippen LogP contribution in [0.1, 0.15) is 63.3 Å². The van der Waals surface area contributed by atoms with Crippen molar-refractivity contribution in [1.82, 2.24) is 31.1 Å². The Morgan fingerprint density at radius 1 is 0.930 bits per heavy atom. The Kier molecular flexibility index (Phi) is 13.6. The highest BCUT2D eigenvalue weighted by molar-refractivity contribution is 6.38. The monoisotopic (exact) mass is 784 g/mol. The minimum atomic E-state index is -1.28. The largest absolute Gasteiger partial charge is 0.449 e. The Hall–Kier alpha value is -5.53. The summed E-state index contributed by atoms with van der Waals surface area (Å²) in [5.74, 6) is -4.54. The third-order valence-corrected chi connectivity index (χ3v) is 11.5. The Labute approximate surface area is 334 Å². The Balaban J connectivity index is 1.29. The lowest BCUT2D eigenvalue weighted by Gasteiger charge is -2.35. The maximum atomic E-state index is 14.6. The number of likely N-dealkylation sites (tertiary alicyclic amines) is 1. The molecule has 0 bridgehead atoms. The van der Waals surface area contributed by atoms with Crippen LogP contribution in [0.5, 0.6) is 0 Å². The van der Waals surface area contributed by atoms with E-state index in [1.807, 2.05) is 52.0 Å². The standard InChI is InChI=1S/C43H56N6O8/c1-8-9-19-31(37(51)39(53)44-22-32(50)46-34(40(54)48(6)7)26-15-11-10-12-16-26)45-38(52)36-33-30(43(33,4)5)23-49(36)41(55)35(47-42(56)57-24-25(2)3)29-20-27-17-13-14-18-28(27)21-29/h8,10-18,25,29-31,33-36H,1,9,19-24H2,2-7H3,(H,44,53)(H,45,52)(H,46,50)(H,47,56)/t30?,31?,33?,34?,35?,36-/m0/s1. The summed E-state index contributed by atoms with van der Waals surface area (Å²) in [6.07, 6.45) is 2.30. The van der Waals surface area contributed by atoms with Crippen LogP contribution in [0.4, 0.5) is 4.79 Å². The van der Waals surface area contributed by atoms with Crippen molar-refractivity contribution in [3.05, 3.63) is 83.9 Å². The van der Waals surface area contributed by atoms with E-state index in [2.05, 4.69) is 27.8 Å². The summed E-state index contributed by atoms with van der Waals surface area (Å²) in [4.78, 5) is 97.5. The number of carbonyl (C=O) groups is 7. The summed E-state index contributed by atoms with van der Waals surface area (Å²) < 4.78 is 5.43. The van der Waals surface area contributed by atoms with Gasteiger partial charge in [0, 0.05) is 20.6 Å². The molecule has 1 saturated heterocycles. The number of amides is 6. The zero-order valence-corrected chi connectivity index (χ0v) is 33.7. The van der Waals surface area contributed by atoms with Gasteiger partial charge in [0.05, 0.1) is 19.2 Å². The number of piperidine rings is 1. The summed E-state index contributed by atoms with van der Waals surface area (Å²) in [6, 6.07) is 12.3. The average Bonchev–Trinajstić information content (AvgIpc) is 3.54. The molecule has 4 N–H and O–H groups in total. The molecule has 5 unspecified atom stereocenters. The molecule has 2 aromatic carbocycles. The zero-order chi connectivity index (χ0) is 41.6. The van der Waals surface area contributed by atoms with Gasteiger partial charge in [-0.25, -0.2) is 4.79 Å². The van der Waals surface area contributed by atoms with E-state index >= 15 is 0 Å². The first kappa shape index (κ1) is 42.6. The molecule has 0 spiro atoms. The number of hydrogen-bond donors (Lipinski definition) is 4. The number of likely N-dealkylation sites (N-methyl/N-ethyl adjacent to an activating group) is 1. The molecule has 14 nitrogen and oxygen atoms in total. The van der Waals surface area contributed by atoms with Gasteiger partial charge in [0.25, 0.3) is 5.91 Å². The molecule has 6 amide bonds. The van der Waals surface area contributed by atoms with Gasteiger partial charge in [0.1, 0.15) is 18.1 Å². The third kappa shape index (κ3) is 9.89. The Bertz CT molecular complexity index is 1840. The Morgan fingerprint density at radius 2 is 1.56 bits per heavy atom. The van der Waals surface area contributed by atoms with Crippen LogP contribution in [0, 0.1) is 29.1 Å². The average molecular weight is 785 g/mol. The van der Waals surface area contributed by atoms with Crippen molar-refractivity contribution >= 4 is 41.4 Å². The Morgan fingerprint density at radius 3 is 2.16 bits per heavy atom. The number of fused-ring (bicyclic) bond motifs is 2. The van der Waals surface area contributed by atoms with Crippen molar-refractivity contribution in [1.29, 1.82) is 0 Å². The predicted octanol–water partition coefficient (Wildman–Crippen LogP) is 2.72. The topological polar surface area (TPSA) is 183 Å². The van der Waals surface area contributed by atoms with Gasteiger partial charge >= 0.3 is 6.09 Å². The maximum absolute atomic E-state index is 14.6. The highest BCUT2D eigenvalue weighted by Gasteiger charge is 2.70. The fourth-order valence-electron chi connectivity index (χ4n) is 8.23. The van der Waals surface area contributed by atoms with E-state index < -0.39 is 66.2 Å². The number of nitrogens with zero attached hydrogens (tertiary/aromatic N) is 2. The van der Waals surface area contributed by atoms with Gasteiger partial charge in [0.15, 0.2) is 0 Å². The van der Waals surface area contributed by atoms with Crippen molar-refractivity contribution in [3.8, 4) is 0 Å². The van der Waals surface area contributed by atoms with Crippen molar-refractivity contribution in [2.75, 3.05) is 33.8 Å². The van der Waals surface area contributed by atoms with Gasteiger partial charge in [0.2, 0.25) is 29.4 Å². The normalized spacial score (nSPS) is 20.5. The lowest BCUT2D eigenvalue weighted by molar-refractivity contribution is -0.144. The van der Waals surface area contributed by atoms with E-state index in [4.69, 9.17) is 4.74 Å². The maximum Gasteiger partial charge on any atom is 0.407 e. The highest BCUT2D eigenvalue weighted by Crippen LogP contribution is 2.65. The smallest absolute Gasteiger partial charge is 0.407 e. The minimum absolute atomic E-state index is 0.00902. The van der Waals surface area contributed by atoms with E-state index in [-0.39, 0.29) is 61.0 Å². The number of carbonyl (C=O) groups excluding carboxylic acids is 7. The van der Waals surface area contributed by atoms with Crippen molar-refractivity contribution in [2.45, 2.75) is 77.5 Å². The van der Waals surface area contributed by atoms with Gasteiger partial charge in [-0.2, -0.15) is 0 Å². The molecule has 57 heavy (non-hydrogen) atoms. The second-order valence-electron chi connectivity index (χ2n) is 16.6. The van der Waals surface area contributed by atoms with E-state index in [0.717, 1.165) is 11.1 Å². The van der Waals surface area contributed by atoms with Gasteiger partial charge in [-0.3, -0.25) is 28.8 Å². The molecule has 14 heteroatoms. The molecule has 0 aromatic heterocycles. The van der Waals surface area contributed by atoms with Gasteiger partial charge in [-0.05, 0) is 71.5 Å². The first-order chi connectivity index (χ1) is 27.0. The molecule has 5 rings (SSSR count). The molecule has 2 aliphatic carbocycles. The molecule has 6 atom stereocenters. The molecule has 1 aliphatic heterocycles. The van der Waals surface area contributed by atoms with E-state index in [0.29, 0.717) is 18.4 Å². The first-order valence-electron chi connectivity index (χ1n) is 19.6. The van der Waals surface area contributed by atoms with Crippen molar-refractivity contribution < 1.29 is 38.3 Å². The highest BCUT2D eigenvalue weighted by atomic mass is 16.5. The number of nitrogens with one attached hydrogen (secondary N) is 4. The van der Waals surface area contributed by atoms with Crippen LogP contribution in [0.2, 0.25) is 0 Å². The summed E-state index contributed by atoms with van der Waals surface area (Å²) in [6.45, 7) is 11.5. The zero-order valence-electron chi connectivity index (χ0n) is 33.7. The number of hydrogen-bond acceptors (Lipinski definition) is 8. The fourth-order valence-corrected chi connectivity index (χ4v) is 8.23. The van der Waals surface area contributed by atoms with Crippen LogP contribution < -0.4 is 21.3 Å². The summed E-state index contributed by atoms with van der Waals surface area (Å²) in [7, 11) is 3.12. The summed E-state index contributed by atoms with van der Waals surface area (Å²) in [5.41, 5.74) is 2.46. The molecule has 3 aliphatic rings. The van der Waals surface area contributed by atoms with Crippen LogP contribution in [-0.4, -0.2) is 103 Å². The molecular formula is C43H56N6O8. The molecule has 1 heterocycles. The first-order valence-corrected chi connectivity index (χ1v) is 19.6. The quantitative estimate of drug-likeness (QED) is 0.140. The van der Waals surface area contributed by atoms with Crippen LogP contribution in [0.25, 0.3) is 0 Å². The number of benzene rings is 2. The van der Waals surface area contributed by atoms with Gasteiger partial charge in [-0.15, -0.1) is 6.58 Å². The van der Waals surface area contributed by atoms with Crippen molar-refractivity contribution in [3.63, 3.8) is 0 Å². The molecule has 2 aromatic rings. The van der Waals surface area contributed by atoms with Crippen LogP contribution in [0.3, 0.4) is 0 Å². The third-order valence-electron chi connectivity index (χ3n) is 11.5. The van der Waals surface area contributed by atoms with Gasteiger partial charge in [-0.1, -0.05) is 88.4 Å².